The molecule has 29 heavy (non-hydrogen) atoms. The Hall–Kier alpha value is -0.900. The van der Waals surface area contributed by atoms with Crippen LogP contribution in [0.1, 0.15) is 85.0 Å². The fourth-order valence-electron chi connectivity index (χ4n) is 8.72. The lowest BCUT2D eigenvalue weighted by Crippen LogP contribution is -2.63. The maximum Gasteiger partial charge on any atom is 0.305 e. The van der Waals surface area contributed by atoms with Crippen molar-refractivity contribution in [2.24, 2.45) is 46.3 Å². The molecule has 9 atom stereocenters. The van der Waals surface area contributed by atoms with Crippen molar-refractivity contribution in [3.8, 4) is 0 Å². The number of carbonyl (C=O) groups is 2. The van der Waals surface area contributed by atoms with Crippen molar-refractivity contribution in [3.05, 3.63) is 0 Å². The lowest BCUT2D eigenvalue weighted by atomic mass is 9.43. The number of carbonyl (C=O) groups excluding carboxylic acids is 2. The summed E-state index contributed by atoms with van der Waals surface area (Å²) in [6.45, 7) is 6.73. The summed E-state index contributed by atoms with van der Waals surface area (Å²) in [4.78, 5) is 25.4. The molecular formula is C25H40O4. The van der Waals surface area contributed by atoms with Gasteiger partial charge in [0.1, 0.15) is 6.10 Å². The van der Waals surface area contributed by atoms with E-state index in [-0.39, 0.29) is 29.0 Å². The van der Waals surface area contributed by atoms with E-state index in [0.717, 1.165) is 19.3 Å². The van der Waals surface area contributed by atoms with Crippen molar-refractivity contribution < 1.29 is 19.4 Å². The summed E-state index contributed by atoms with van der Waals surface area (Å²) in [5.41, 5.74) is -0.305. The number of rotatable bonds is 4. The van der Waals surface area contributed by atoms with Gasteiger partial charge >= 0.3 is 5.97 Å². The van der Waals surface area contributed by atoms with E-state index in [4.69, 9.17) is 4.74 Å². The Morgan fingerprint density at radius 2 is 1.93 bits per heavy atom. The number of ketones is 1. The molecule has 0 aromatic rings. The molecule has 0 aliphatic heterocycles. The summed E-state index contributed by atoms with van der Waals surface area (Å²) >= 11 is 0. The molecule has 0 aromatic heterocycles. The zero-order valence-corrected chi connectivity index (χ0v) is 18.8. The number of ether oxygens (including phenoxy) is 1. The first-order valence-corrected chi connectivity index (χ1v) is 12.0. The van der Waals surface area contributed by atoms with E-state index in [1.165, 1.54) is 45.6 Å². The maximum atomic E-state index is 13.8. The maximum absolute atomic E-state index is 13.8. The number of aliphatic hydroxyl groups excluding tert-OH is 1. The molecule has 0 aromatic carbocycles. The molecule has 4 rings (SSSR count). The van der Waals surface area contributed by atoms with Crippen LogP contribution in [-0.2, 0) is 14.3 Å². The van der Waals surface area contributed by atoms with Gasteiger partial charge in [0.2, 0.25) is 0 Å². The third kappa shape index (κ3) is 3.11. The second kappa shape index (κ2) is 7.66. The molecule has 0 saturated heterocycles. The predicted molar refractivity (Wildman–Crippen MR) is 112 cm³/mol. The number of hydrogen-bond donors (Lipinski definition) is 1. The summed E-state index contributed by atoms with van der Waals surface area (Å²) in [6, 6.07) is 0. The Balaban J connectivity index is 1.60. The van der Waals surface area contributed by atoms with Gasteiger partial charge in [-0.15, -0.1) is 0 Å². The lowest BCUT2D eigenvalue weighted by Gasteiger charge is -2.61. The molecule has 0 heterocycles. The molecule has 4 nitrogen and oxygen atoms in total. The van der Waals surface area contributed by atoms with Gasteiger partial charge in [-0.25, -0.2) is 0 Å². The normalized spacial score (nSPS) is 47.7. The Morgan fingerprint density at radius 1 is 1.17 bits per heavy atom. The first kappa shape index (κ1) is 21.3. The SMILES string of the molecule is COC(=O)CC[C@H](C)[C@@H]1CC[C@@H]2[C@@H]3CC[C@H]4CCCC[C@]4(C)[C@@H]3[C@@H](O)C(=O)[C@]21C. The summed E-state index contributed by atoms with van der Waals surface area (Å²) in [5, 5.41) is 11.4. The third-order valence-corrected chi connectivity index (χ3v) is 10.2. The Morgan fingerprint density at radius 3 is 2.66 bits per heavy atom. The lowest BCUT2D eigenvalue weighted by molar-refractivity contribution is -0.184. The van der Waals surface area contributed by atoms with Gasteiger partial charge in [-0.3, -0.25) is 9.59 Å². The van der Waals surface area contributed by atoms with Crippen LogP contribution < -0.4 is 0 Å². The van der Waals surface area contributed by atoms with Crippen LogP contribution >= 0.6 is 0 Å². The summed E-state index contributed by atoms with van der Waals surface area (Å²) in [6.07, 6.45) is 9.97. The highest BCUT2D eigenvalue weighted by atomic mass is 16.5. The number of methoxy groups -OCH3 is 1. The van der Waals surface area contributed by atoms with Crippen LogP contribution in [0.4, 0.5) is 0 Å². The number of esters is 1. The fourth-order valence-corrected chi connectivity index (χ4v) is 8.72. The van der Waals surface area contributed by atoms with Crippen LogP contribution in [-0.4, -0.2) is 30.1 Å². The molecule has 0 spiro atoms. The van der Waals surface area contributed by atoms with E-state index >= 15 is 0 Å². The second-order valence-corrected chi connectivity index (χ2v) is 11.2. The van der Waals surface area contributed by atoms with Crippen LogP contribution in [0.2, 0.25) is 0 Å². The first-order valence-electron chi connectivity index (χ1n) is 12.0. The molecular weight excluding hydrogens is 364 g/mol. The van der Waals surface area contributed by atoms with Gasteiger partial charge in [-0.05, 0) is 80.0 Å². The van der Waals surface area contributed by atoms with Crippen LogP contribution in [0.15, 0.2) is 0 Å². The average Bonchev–Trinajstić information content (AvgIpc) is 3.07. The molecule has 4 saturated carbocycles. The molecule has 4 fully saturated rings. The molecule has 164 valence electrons. The molecule has 4 aliphatic carbocycles. The van der Waals surface area contributed by atoms with Crippen LogP contribution in [0.25, 0.3) is 0 Å². The Bertz CT molecular complexity index is 659. The smallest absolute Gasteiger partial charge is 0.305 e. The average molecular weight is 405 g/mol. The van der Waals surface area contributed by atoms with Gasteiger partial charge in [-0.1, -0.05) is 33.6 Å². The standard InChI is InChI=1S/C25H40O4/c1-15(8-13-20(26)29-4)18-11-12-19-17-10-9-16-7-5-6-14-24(16,2)21(17)22(27)23(28)25(18,19)3/h15-19,21-22,27H,5-14H2,1-4H3/t15-,16+,17-,18-,19+,21-,22+,24-,25-/m0/s1. The minimum atomic E-state index is -0.805. The number of aliphatic hydroxyl groups is 1. The number of Topliss-reactive ketones (excluding diaryl/α,β-unsaturated/α-hetero) is 1. The van der Waals surface area contributed by atoms with Crippen molar-refractivity contribution in [2.75, 3.05) is 7.11 Å². The molecule has 0 radical (unpaired) electrons. The highest BCUT2D eigenvalue weighted by molar-refractivity contribution is 5.91. The van der Waals surface area contributed by atoms with E-state index in [2.05, 4.69) is 20.8 Å². The zero-order valence-electron chi connectivity index (χ0n) is 18.8. The van der Waals surface area contributed by atoms with Gasteiger partial charge in [0.25, 0.3) is 0 Å². The second-order valence-electron chi connectivity index (χ2n) is 11.2. The van der Waals surface area contributed by atoms with Crippen LogP contribution in [0.5, 0.6) is 0 Å². The Labute approximate surface area is 176 Å². The highest BCUT2D eigenvalue weighted by Crippen LogP contribution is 2.67. The van der Waals surface area contributed by atoms with Crippen molar-refractivity contribution >= 4 is 11.8 Å². The highest BCUT2D eigenvalue weighted by Gasteiger charge is 2.66. The van der Waals surface area contributed by atoms with E-state index in [1.54, 1.807) is 0 Å². The predicted octanol–water partition coefficient (Wildman–Crippen LogP) is 4.77. The Kier molecular flexibility index (Phi) is 5.63. The molecule has 0 amide bonds. The van der Waals surface area contributed by atoms with Gasteiger partial charge in [0.05, 0.1) is 7.11 Å². The van der Waals surface area contributed by atoms with Crippen molar-refractivity contribution in [3.63, 3.8) is 0 Å². The largest absolute Gasteiger partial charge is 0.469 e. The quantitative estimate of drug-likeness (QED) is 0.685. The third-order valence-electron chi connectivity index (χ3n) is 10.2. The number of fused-ring (bicyclic) bond motifs is 5. The van der Waals surface area contributed by atoms with Crippen molar-refractivity contribution in [2.45, 2.75) is 91.1 Å². The van der Waals surface area contributed by atoms with Crippen LogP contribution in [0.3, 0.4) is 0 Å². The van der Waals surface area contributed by atoms with E-state index in [0.29, 0.717) is 30.1 Å². The van der Waals surface area contributed by atoms with E-state index in [9.17, 15) is 14.7 Å². The summed E-state index contributed by atoms with van der Waals surface area (Å²) in [7, 11) is 1.43. The van der Waals surface area contributed by atoms with Crippen molar-refractivity contribution in [1.29, 1.82) is 0 Å². The minimum Gasteiger partial charge on any atom is -0.469 e. The molecule has 4 aliphatic rings. The fraction of sp³-hybridized carbons (Fsp3) is 0.920. The zero-order chi connectivity index (χ0) is 21.0. The van der Waals surface area contributed by atoms with E-state index < -0.39 is 11.5 Å². The number of hydrogen-bond acceptors (Lipinski definition) is 4. The van der Waals surface area contributed by atoms with Gasteiger partial charge in [-0.2, -0.15) is 0 Å². The minimum absolute atomic E-state index is 0.114. The van der Waals surface area contributed by atoms with Gasteiger partial charge in [0.15, 0.2) is 5.78 Å². The van der Waals surface area contributed by atoms with Crippen molar-refractivity contribution in [1.82, 2.24) is 0 Å². The molecule has 4 heteroatoms. The summed E-state index contributed by atoms with van der Waals surface area (Å²) in [5.74, 6) is 2.20. The van der Waals surface area contributed by atoms with E-state index in [1.807, 2.05) is 0 Å². The topological polar surface area (TPSA) is 63.6 Å². The molecule has 0 bridgehead atoms. The van der Waals surface area contributed by atoms with Crippen LogP contribution in [0, 0.1) is 46.3 Å². The molecule has 1 N–H and O–H groups in total. The molecule has 0 unspecified atom stereocenters. The van der Waals surface area contributed by atoms with Gasteiger partial charge in [0, 0.05) is 17.8 Å². The monoisotopic (exact) mass is 404 g/mol. The van der Waals surface area contributed by atoms with Gasteiger partial charge < -0.3 is 9.84 Å². The first-order chi connectivity index (χ1) is 13.7. The summed E-state index contributed by atoms with van der Waals surface area (Å²) < 4.78 is 4.82.